The molecule has 1 aromatic heterocycles. The van der Waals surface area contributed by atoms with Crippen molar-refractivity contribution in [2.24, 2.45) is 0 Å². The Morgan fingerprint density at radius 1 is 1.64 bits per heavy atom. The Kier molecular flexibility index (Phi) is 2.93. The summed E-state index contributed by atoms with van der Waals surface area (Å²) in [4.78, 5) is 13.6. The summed E-state index contributed by atoms with van der Waals surface area (Å²) < 4.78 is 0. The van der Waals surface area contributed by atoms with Crippen LogP contribution < -0.4 is 0 Å². The molecule has 0 saturated carbocycles. The van der Waals surface area contributed by atoms with Gasteiger partial charge in [0.1, 0.15) is 0 Å². The molecule has 0 unspecified atom stereocenters. The smallest absolute Gasteiger partial charge is 0.257 e. The van der Waals surface area contributed by atoms with E-state index in [0.717, 1.165) is 6.42 Å². The minimum atomic E-state index is -0.117. The van der Waals surface area contributed by atoms with E-state index in [1.54, 1.807) is 17.3 Å². The standard InChI is InChI=1S/C10H17N3O/c1-5-10(2,3)13(4)9(14)8-6-11-12-7-8/h6-7H,5H2,1-4H3,(H,11,12). The molecule has 0 aromatic carbocycles. The molecule has 0 spiro atoms. The highest BCUT2D eigenvalue weighted by atomic mass is 16.2. The molecule has 0 atom stereocenters. The van der Waals surface area contributed by atoms with Crippen LogP contribution in [0.1, 0.15) is 37.6 Å². The van der Waals surface area contributed by atoms with Crippen molar-refractivity contribution in [2.45, 2.75) is 32.7 Å². The predicted molar refractivity (Wildman–Crippen MR) is 55.1 cm³/mol. The number of hydrogen-bond donors (Lipinski definition) is 1. The van der Waals surface area contributed by atoms with Crippen molar-refractivity contribution in [3.63, 3.8) is 0 Å². The Morgan fingerprint density at radius 2 is 2.29 bits per heavy atom. The van der Waals surface area contributed by atoms with Crippen LogP contribution in [0.4, 0.5) is 0 Å². The van der Waals surface area contributed by atoms with Crippen LogP contribution in [0.2, 0.25) is 0 Å². The lowest BCUT2D eigenvalue weighted by Gasteiger charge is -2.34. The highest BCUT2D eigenvalue weighted by molar-refractivity contribution is 5.93. The molecule has 1 rings (SSSR count). The SMILES string of the molecule is CCC(C)(C)N(C)C(=O)c1cn[nH]c1. The zero-order chi connectivity index (χ0) is 10.8. The van der Waals surface area contributed by atoms with E-state index in [1.807, 2.05) is 20.9 Å². The number of carbonyl (C=O) groups excluding carboxylic acids is 1. The summed E-state index contributed by atoms with van der Waals surface area (Å²) >= 11 is 0. The topological polar surface area (TPSA) is 49.0 Å². The first-order valence-corrected chi connectivity index (χ1v) is 4.76. The second-order valence-corrected chi connectivity index (χ2v) is 4.02. The Balaban J connectivity index is 2.81. The monoisotopic (exact) mass is 195 g/mol. The van der Waals surface area contributed by atoms with Crippen molar-refractivity contribution in [3.8, 4) is 0 Å². The van der Waals surface area contributed by atoms with Gasteiger partial charge in [-0.2, -0.15) is 5.10 Å². The van der Waals surface area contributed by atoms with Crippen LogP contribution in [0.5, 0.6) is 0 Å². The molecule has 0 aliphatic rings. The number of amides is 1. The average Bonchev–Trinajstić information content (AvgIpc) is 2.68. The van der Waals surface area contributed by atoms with Gasteiger partial charge < -0.3 is 4.90 Å². The quantitative estimate of drug-likeness (QED) is 0.797. The highest BCUT2D eigenvalue weighted by Gasteiger charge is 2.26. The minimum absolute atomic E-state index is 0.00519. The van der Waals surface area contributed by atoms with Crippen molar-refractivity contribution < 1.29 is 4.79 Å². The first-order valence-electron chi connectivity index (χ1n) is 4.76. The summed E-state index contributed by atoms with van der Waals surface area (Å²) in [5.41, 5.74) is 0.489. The van der Waals surface area contributed by atoms with Gasteiger partial charge in [0.2, 0.25) is 0 Å². The fourth-order valence-corrected chi connectivity index (χ4v) is 1.07. The molecule has 0 fully saturated rings. The summed E-state index contributed by atoms with van der Waals surface area (Å²) in [6.07, 6.45) is 4.09. The van der Waals surface area contributed by atoms with Gasteiger partial charge in [0.05, 0.1) is 11.8 Å². The largest absolute Gasteiger partial charge is 0.337 e. The van der Waals surface area contributed by atoms with Crippen molar-refractivity contribution in [1.29, 1.82) is 0 Å². The molecule has 14 heavy (non-hydrogen) atoms. The first-order chi connectivity index (χ1) is 6.49. The number of aromatic nitrogens is 2. The van der Waals surface area contributed by atoms with E-state index in [0.29, 0.717) is 5.56 Å². The van der Waals surface area contributed by atoms with Crippen LogP contribution >= 0.6 is 0 Å². The second kappa shape index (κ2) is 3.82. The lowest BCUT2D eigenvalue weighted by Crippen LogP contribution is -2.44. The highest BCUT2D eigenvalue weighted by Crippen LogP contribution is 2.18. The molecule has 0 bridgehead atoms. The van der Waals surface area contributed by atoms with Gasteiger partial charge in [-0.15, -0.1) is 0 Å². The molecule has 4 heteroatoms. The Labute approximate surface area is 84.3 Å². The molecular weight excluding hydrogens is 178 g/mol. The third-order valence-electron chi connectivity index (χ3n) is 2.82. The first kappa shape index (κ1) is 10.8. The molecule has 78 valence electrons. The van der Waals surface area contributed by atoms with E-state index in [4.69, 9.17) is 0 Å². The molecule has 0 aliphatic heterocycles. The number of H-pyrrole nitrogens is 1. The van der Waals surface area contributed by atoms with Crippen LogP contribution in [0.25, 0.3) is 0 Å². The number of nitrogens with one attached hydrogen (secondary N) is 1. The van der Waals surface area contributed by atoms with Gasteiger partial charge in [-0.05, 0) is 20.3 Å². The molecule has 0 aliphatic carbocycles. The van der Waals surface area contributed by atoms with Gasteiger partial charge in [-0.1, -0.05) is 6.92 Å². The fraction of sp³-hybridized carbons (Fsp3) is 0.600. The van der Waals surface area contributed by atoms with E-state index in [-0.39, 0.29) is 11.4 Å². The van der Waals surface area contributed by atoms with Gasteiger partial charge >= 0.3 is 0 Å². The summed E-state index contributed by atoms with van der Waals surface area (Å²) in [5.74, 6) is 0.00519. The van der Waals surface area contributed by atoms with Crippen LogP contribution in [0, 0.1) is 0 Å². The second-order valence-electron chi connectivity index (χ2n) is 4.02. The minimum Gasteiger partial charge on any atom is -0.337 e. The average molecular weight is 195 g/mol. The number of hydrogen-bond acceptors (Lipinski definition) is 2. The van der Waals surface area contributed by atoms with Crippen LogP contribution in [-0.4, -0.2) is 33.6 Å². The zero-order valence-electron chi connectivity index (χ0n) is 9.16. The Hall–Kier alpha value is -1.32. The van der Waals surface area contributed by atoms with Crippen LogP contribution in [-0.2, 0) is 0 Å². The maximum Gasteiger partial charge on any atom is 0.257 e. The summed E-state index contributed by atoms with van der Waals surface area (Å²) in [6, 6.07) is 0. The maximum atomic E-state index is 11.9. The van der Waals surface area contributed by atoms with E-state index in [9.17, 15) is 4.79 Å². The van der Waals surface area contributed by atoms with E-state index < -0.39 is 0 Å². The van der Waals surface area contributed by atoms with Crippen molar-refractivity contribution in [3.05, 3.63) is 18.0 Å². The van der Waals surface area contributed by atoms with E-state index >= 15 is 0 Å². The number of rotatable bonds is 3. The molecule has 1 aromatic rings. The number of carbonyl (C=O) groups is 1. The van der Waals surface area contributed by atoms with Gasteiger partial charge in [-0.25, -0.2) is 0 Å². The van der Waals surface area contributed by atoms with Gasteiger partial charge in [-0.3, -0.25) is 9.89 Å². The lowest BCUT2D eigenvalue weighted by molar-refractivity contribution is 0.0620. The van der Waals surface area contributed by atoms with Gasteiger partial charge in [0, 0.05) is 18.8 Å². The summed E-state index contributed by atoms with van der Waals surface area (Å²) in [7, 11) is 1.82. The van der Waals surface area contributed by atoms with Gasteiger partial charge in [0.15, 0.2) is 0 Å². The van der Waals surface area contributed by atoms with Crippen LogP contribution in [0.15, 0.2) is 12.4 Å². The summed E-state index contributed by atoms with van der Waals surface area (Å²) in [6.45, 7) is 6.16. The molecule has 0 radical (unpaired) electrons. The Morgan fingerprint density at radius 3 is 2.71 bits per heavy atom. The molecule has 1 amide bonds. The van der Waals surface area contributed by atoms with Gasteiger partial charge in [0.25, 0.3) is 5.91 Å². The van der Waals surface area contributed by atoms with Crippen molar-refractivity contribution in [2.75, 3.05) is 7.05 Å². The predicted octanol–water partition coefficient (Wildman–Crippen LogP) is 1.67. The lowest BCUT2D eigenvalue weighted by atomic mass is 9.99. The van der Waals surface area contributed by atoms with E-state index in [2.05, 4.69) is 17.1 Å². The third kappa shape index (κ3) is 1.95. The van der Waals surface area contributed by atoms with Crippen LogP contribution in [0.3, 0.4) is 0 Å². The van der Waals surface area contributed by atoms with E-state index in [1.165, 1.54) is 0 Å². The number of aromatic amines is 1. The summed E-state index contributed by atoms with van der Waals surface area (Å²) in [5, 5.41) is 6.40. The molecular formula is C10H17N3O. The molecule has 1 heterocycles. The molecule has 1 N–H and O–H groups in total. The maximum absolute atomic E-state index is 11.9. The number of nitrogens with zero attached hydrogens (tertiary/aromatic N) is 2. The molecule has 0 saturated heterocycles. The third-order valence-corrected chi connectivity index (χ3v) is 2.82. The van der Waals surface area contributed by atoms with Crippen molar-refractivity contribution in [1.82, 2.24) is 15.1 Å². The zero-order valence-corrected chi connectivity index (χ0v) is 9.16. The fourth-order valence-electron chi connectivity index (χ4n) is 1.07. The Bertz CT molecular complexity index is 303. The molecule has 4 nitrogen and oxygen atoms in total. The van der Waals surface area contributed by atoms with Crippen molar-refractivity contribution >= 4 is 5.91 Å². The normalized spacial score (nSPS) is 11.4.